The Labute approximate surface area is 80.8 Å². The third kappa shape index (κ3) is 1.09. The van der Waals surface area contributed by atoms with Crippen molar-refractivity contribution in [3.05, 3.63) is 32.1 Å². The molecule has 5 heteroatoms. The van der Waals surface area contributed by atoms with Crippen LogP contribution in [-0.4, -0.2) is 9.38 Å². The van der Waals surface area contributed by atoms with Crippen molar-refractivity contribution in [1.29, 1.82) is 0 Å². The highest BCUT2D eigenvalue weighted by atomic mass is 79.9. The highest BCUT2D eigenvalue weighted by molar-refractivity contribution is 9.10. The lowest BCUT2D eigenvalue weighted by Gasteiger charge is -1.93. The molecule has 2 heterocycles. The Bertz CT molecular complexity index is 488. The summed E-state index contributed by atoms with van der Waals surface area (Å²) >= 11 is 4.72. The maximum atomic E-state index is 11.4. The van der Waals surface area contributed by atoms with Crippen LogP contribution in [0.15, 0.2) is 20.8 Å². The summed E-state index contributed by atoms with van der Waals surface area (Å²) in [6.45, 7) is 1.81. The minimum atomic E-state index is -0.0365. The molecule has 0 aliphatic rings. The molecule has 12 heavy (non-hydrogen) atoms. The smallest absolute Gasteiger partial charge is 0.259 e. The number of aryl methyl sites for hydroxylation is 1. The Balaban J connectivity index is 3.03. The first-order valence-corrected chi connectivity index (χ1v) is 4.99. The summed E-state index contributed by atoms with van der Waals surface area (Å²) in [5.41, 5.74) is 0.722. The van der Waals surface area contributed by atoms with Gasteiger partial charge in [-0.25, -0.2) is 9.38 Å². The van der Waals surface area contributed by atoms with Crippen molar-refractivity contribution in [3.63, 3.8) is 0 Å². The molecule has 0 aliphatic carbocycles. The van der Waals surface area contributed by atoms with Crippen molar-refractivity contribution in [2.75, 3.05) is 0 Å². The van der Waals surface area contributed by atoms with E-state index in [1.807, 2.05) is 12.3 Å². The first kappa shape index (κ1) is 7.94. The molecule has 0 spiro atoms. The summed E-state index contributed by atoms with van der Waals surface area (Å²) in [5.74, 6) is 0. The van der Waals surface area contributed by atoms with Gasteiger partial charge in [0.2, 0.25) is 0 Å². The lowest BCUT2D eigenvalue weighted by molar-refractivity contribution is 1.02. The molecule has 0 unspecified atom stereocenters. The van der Waals surface area contributed by atoms with E-state index in [0.717, 1.165) is 15.3 Å². The zero-order valence-electron chi connectivity index (χ0n) is 6.24. The SMILES string of the molecule is Cc1cc(=O)n2c(Br)csc2n1. The van der Waals surface area contributed by atoms with E-state index < -0.39 is 0 Å². The molecule has 0 bridgehead atoms. The fraction of sp³-hybridized carbons (Fsp3) is 0.143. The Kier molecular flexibility index (Phi) is 1.77. The van der Waals surface area contributed by atoms with Gasteiger partial charge in [0.25, 0.3) is 5.56 Å². The van der Waals surface area contributed by atoms with Crippen LogP contribution in [0.4, 0.5) is 0 Å². The largest absolute Gasteiger partial charge is 0.269 e. The summed E-state index contributed by atoms with van der Waals surface area (Å²) in [5, 5.41) is 1.85. The summed E-state index contributed by atoms with van der Waals surface area (Å²) in [6.07, 6.45) is 0. The zero-order chi connectivity index (χ0) is 8.72. The molecule has 0 N–H and O–H groups in total. The van der Waals surface area contributed by atoms with Gasteiger partial charge in [-0.05, 0) is 22.9 Å². The number of hydrogen-bond acceptors (Lipinski definition) is 3. The Hall–Kier alpha value is -0.680. The molecular weight excluding hydrogens is 240 g/mol. The van der Waals surface area contributed by atoms with Crippen LogP contribution in [0, 0.1) is 6.92 Å². The first-order chi connectivity index (χ1) is 5.68. The van der Waals surface area contributed by atoms with Crippen molar-refractivity contribution < 1.29 is 0 Å². The van der Waals surface area contributed by atoms with Gasteiger partial charge in [0.05, 0.1) is 0 Å². The summed E-state index contributed by atoms with van der Waals surface area (Å²) in [4.78, 5) is 16.3. The van der Waals surface area contributed by atoms with Gasteiger partial charge < -0.3 is 0 Å². The number of nitrogens with zero attached hydrogens (tertiary/aromatic N) is 2. The van der Waals surface area contributed by atoms with Crippen LogP contribution in [0.3, 0.4) is 0 Å². The molecule has 2 aromatic heterocycles. The lowest BCUT2D eigenvalue weighted by Crippen LogP contribution is -2.12. The minimum absolute atomic E-state index is 0.0365. The molecule has 2 aromatic rings. The second-order valence-electron chi connectivity index (χ2n) is 2.41. The van der Waals surface area contributed by atoms with E-state index >= 15 is 0 Å². The summed E-state index contributed by atoms with van der Waals surface area (Å²) in [7, 11) is 0. The molecule has 2 rings (SSSR count). The minimum Gasteiger partial charge on any atom is -0.269 e. The fourth-order valence-corrected chi connectivity index (χ4v) is 2.54. The second-order valence-corrected chi connectivity index (χ2v) is 4.06. The van der Waals surface area contributed by atoms with Gasteiger partial charge in [0.15, 0.2) is 4.96 Å². The Morgan fingerprint density at radius 3 is 3.17 bits per heavy atom. The number of hydrogen-bond donors (Lipinski definition) is 0. The molecule has 0 amide bonds. The molecule has 0 fully saturated rings. The first-order valence-electron chi connectivity index (χ1n) is 3.32. The molecule has 0 saturated carbocycles. The van der Waals surface area contributed by atoms with Gasteiger partial charge >= 0.3 is 0 Å². The highest BCUT2D eigenvalue weighted by Gasteiger charge is 2.03. The number of thiazole rings is 1. The molecular formula is C7H5BrN2OS. The van der Waals surface area contributed by atoms with Crippen LogP contribution >= 0.6 is 27.3 Å². The Morgan fingerprint density at radius 1 is 1.67 bits per heavy atom. The number of fused-ring (bicyclic) bond motifs is 1. The topological polar surface area (TPSA) is 34.4 Å². The van der Waals surface area contributed by atoms with E-state index in [4.69, 9.17) is 0 Å². The molecule has 0 aliphatic heterocycles. The number of rotatable bonds is 0. The monoisotopic (exact) mass is 244 g/mol. The van der Waals surface area contributed by atoms with Crippen molar-refractivity contribution in [2.45, 2.75) is 6.92 Å². The van der Waals surface area contributed by atoms with E-state index in [9.17, 15) is 4.79 Å². The van der Waals surface area contributed by atoms with Gasteiger partial charge in [-0.15, -0.1) is 11.3 Å². The van der Waals surface area contributed by atoms with Crippen LogP contribution in [0.25, 0.3) is 4.96 Å². The van der Waals surface area contributed by atoms with Crippen molar-refractivity contribution in [1.82, 2.24) is 9.38 Å². The average molecular weight is 245 g/mol. The van der Waals surface area contributed by atoms with Crippen LogP contribution < -0.4 is 5.56 Å². The maximum absolute atomic E-state index is 11.4. The van der Waals surface area contributed by atoms with Gasteiger partial charge in [0, 0.05) is 17.1 Å². The van der Waals surface area contributed by atoms with Gasteiger partial charge in [-0.2, -0.15) is 0 Å². The zero-order valence-corrected chi connectivity index (χ0v) is 8.65. The number of halogens is 1. The van der Waals surface area contributed by atoms with Crippen molar-refractivity contribution in [2.24, 2.45) is 0 Å². The third-order valence-electron chi connectivity index (χ3n) is 1.49. The summed E-state index contributed by atoms with van der Waals surface area (Å²) < 4.78 is 2.30. The molecule has 3 nitrogen and oxygen atoms in total. The summed E-state index contributed by atoms with van der Waals surface area (Å²) in [6, 6.07) is 1.52. The van der Waals surface area contributed by atoms with Crippen molar-refractivity contribution >= 4 is 32.2 Å². The van der Waals surface area contributed by atoms with E-state index in [1.54, 1.807) is 0 Å². The maximum Gasteiger partial charge on any atom is 0.259 e. The molecule has 0 saturated heterocycles. The van der Waals surface area contributed by atoms with E-state index in [2.05, 4.69) is 20.9 Å². The van der Waals surface area contributed by atoms with Gasteiger partial charge in [0.1, 0.15) is 4.60 Å². The molecule has 0 aromatic carbocycles. The molecule has 0 radical (unpaired) electrons. The number of aromatic nitrogens is 2. The highest BCUT2D eigenvalue weighted by Crippen LogP contribution is 2.16. The third-order valence-corrected chi connectivity index (χ3v) is 3.20. The van der Waals surface area contributed by atoms with E-state index in [0.29, 0.717) is 0 Å². The van der Waals surface area contributed by atoms with Gasteiger partial charge in [-0.3, -0.25) is 4.79 Å². The van der Waals surface area contributed by atoms with Crippen LogP contribution in [0.1, 0.15) is 5.69 Å². The van der Waals surface area contributed by atoms with Crippen LogP contribution in [0.5, 0.6) is 0 Å². The molecule has 62 valence electrons. The predicted molar refractivity (Wildman–Crippen MR) is 51.8 cm³/mol. The standard InChI is InChI=1S/C7H5BrN2OS/c1-4-2-6(11)10-5(8)3-12-7(10)9-4/h2-3H,1H3. The average Bonchev–Trinajstić information content (AvgIpc) is 2.31. The molecule has 0 atom stereocenters. The van der Waals surface area contributed by atoms with Crippen LogP contribution in [-0.2, 0) is 0 Å². The lowest BCUT2D eigenvalue weighted by atomic mass is 10.4. The van der Waals surface area contributed by atoms with E-state index in [1.165, 1.54) is 21.8 Å². The Morgan fingerprint density at radius 2 is 2.42 bits per heavy atom. The second kappa shape index (κ2) is 2.67. The fourth-order valence-electron chi connectivity index (χ4n) is 1.00. The predicted octanol–water partition coefficient (Wildman–Crippen LogP) is 1.83. The van der Waals surface area contributed by atoms with Crippen LogP contribution in [0.2, 0.25) is 0 Å². The quantitative estimate of drug-likeness (QED) is 0.709. The normalized spacial score (nSPS) is 10.8. The van der Waals surface area contributed by atoms with Crippen molar-refractivity contribution in [3.8, 4) is 0 Å². The van der Waals surface area contributed by atoms with Gasteiger partial charge in [-0.1, -0.05) is 0 Å². The van der Waals surface area contributed by atoms with E-state index in [-0.39, 0.29) is 5.56 Å².